The van der Waals surface area contributed by atoms with E-state index in [1.165, 1.54) is 0 Å². The monoisotopic (exact) mass is 265 g/mol. The number of phenols is 1. The van der Waals surface area contributed by atoms with Gasteiger partial charge in [-0.1, -0.05) is 24.3 Å². The van der Waals surface area contributed by atoms with Crippen molar-refractivity contribution in [1.82, 2.24) is 5.32 Å². The second-order valence-corrected chi connectivity index (χ2v) is 4.38. The molecule has 0 fully saturated rings. The number of nitrogens with one attached hydrogen (secondary N) is 1. The molecule has 0 unspecified atom stereocenters. The predicted octanol–water partition coefficient (Wildman–Crippen LogP) is 2.47. The zero-order chi connectivity index (χ0) is 14.1. The van der Waals surface area contributed by atoms with Gasteiger partial charge in [-0.25, -0.2) is 0 Å². The van der Waals surface area contributed by atoms with E-state index in [1.54, 1.807) is 6.07 Å². The maximum absolute atomic E-state index is 9.99. The number of benzene rings is 1. The summed E-state index contributed by atoms with van der Waals surface area (Å²) in [5.41, 5.74) is 1.84. The quantitative estimate of drug-likeness (QED) is 0.532. The summed E-state index contributed by atoms with van der Waals surface area (Å²) in [7, 11) is 0. The van der Waals surface area contributed by atoms with E-state index < -0.39 is 0 Å². The van der Waals surface area contributed by atoms with Crippen LogP contribution in [-0.4, -0.2) is 31.5 Å². The largest absolute Gasteiger partial charge is 0.504 e. The highest BCUT2D eigenvalue weighted by Crippen LogP contribution is 2.29. The van der Waals surface area contributed by atoms with Gasteiger partial charge in [-0.15, -0.1) is 0 Å². The number of phenolic OH excluding ortho intramolecular Hbond substituents is 1. The van der Waals surface area contributed by atoms with Crippen LogP contribution in [0.4, 0.5) is 0 Å². The van der Waals surface area contributed by atoms with Gasteiger partial charge in [0, 0.05) is 18.7 Å². The molecule has 1 aromatic carbocycles. The molecule has 1 aromatic rings. The Morgan fingerprint density at radius 2 is 2.21 bits per heavy atom. The predicted molar refractivity (Wildman–Crippen MR) is 76.6 cm³/mol. The van der Waals surface area contributed by atoms with Gasteiger partial charge in [-0.05, 0) is 19.9 Å². The first kappa shape index (κ1) is 15.5. The number of rotatable bonds is 9. The maximum Gasteiger partial charge on any atom is 0.162 e. The Kier molecular flexibility index (Phi) is 7.00. The molecule has 0 amide bonds. The van der Waals surface area contributed by atoms with Crippen LogP contribution in [0.1, 0.15) is 19.4 Å². The van der Waals surface area contributed by atoms with Crippen molar-refractivity contribution >= 4 is 0 Å². The first-order valence-electron chi connectivity index (χ1n) is 6.51. The van der Waals surface area contributed by atoms with Crippen molar-refractivity contribution in [3.05, 3.63) is 35.9 Å². The fraction of sp³-hybridized carbons (Fsp3) is 0.467. The van der Waals surface area contributed by atoms with Crippen molar-refractivity contribution in [1.29, 1.82) is 0 Å². The van der Waals surface area contributed by atoms with Crippen LogP contribution in [-0.2, 0) is 11.3 Å². The van der Waals surface area contributed by atoms with E-state index in [2.05, 4.69) is 11.9 Å². The van der Waals surface area contributed by atoms with Gasteiger partial charge < -0.3 is 19.9 Å². The molecular weight excluding hydrogens is 242 g/mol. The minimum Gasteiger partial charge on any atom is -0.504 e. The van der Waals surface area contributed by atoms with Crippen molar-refractivity contribution in [3.8, 4) is 11.5 Å². The van der Waals surface area contributed by atoms with Crippen LogP contribution < -0.4 is 10.1 Å². The van der Waals surface area contributed by atoms with Gasteiger partial charge in [-0.2, -0.15) is 0 Å². The summed E-state index contributed by atoms with van der Waals surface area (Å²) in [5, 5.41) is 13.2. The van der Waals surface area contributed by atoms with Crippen molar-refractivity contribution in [2.75, 3.05) is 26.4 Å². The average molecular weight is 265 g/mol. The third-order valence-corrected chi connectivity index (χ3v) is 2.47. The summed E-state index contributed by atoms with van der Waals surface area (Å²) in [6.45, 7) is 10.7. The number of ether oxygens (including phenoxy) is 2. The van der Waals surface area contributed by atoms with E-state index in [0.29, 0.717) is 32.1 Å². The molecule has 0 atom stereocenters. The normalized spacial score (nSPS) is 10.4. The van der Waals surface area contributed by atoms with E-state index in [0.717, 1.165) is 17.7 Å². The van der Waals surface area contributed by atoms with E-state index >= 15 is 0 Å². The van der Waals surface area contributed by atoms with Crippen molar-refractivity contribution < 1.29 is 14.6 Å². The molecule has 0 radical (unpaired) electrons. The topological polar surface area (TPSA) is 50.7 Å². The van der Waals surface area contributed by atoms with Crippen LogP contribution in [0.3, 0.4) is 0 Å². The number of aromatic hydroxyl groups is 1. The van der Waals surface area contributed by atoms with Gasteiger partial charge in [0.1, 0.15) is 0 Å². The summed E-state index contributed by atoms with van der Waals surface area (Å²) in [6.07, 6.45) is 0. The van der Waals surface area contributed by atoms with Crippen LogP contribution in [0.25, 0.3) is 0 Å². The standard InChI is InChI=1S/C15H23NO3/c1-4-19-14-7-5-6-13(15(14)17)10-16-8-9-18-11-12(2)3/h5-7,16-17H,2,4,8-11H2,1,3H3. The number of para-hydroxylation sites is 1. The Morgan fingerprint density at radius 1 is 1.42 bits per heavy atom. The zero-order valence-corrected chi connectivity index (χ0v) is 11.7. The Hall–Kier alpha value is -1.52. The van der Waals surface area contributed by atoms with Gasteiger partial charge >= 0.3 is 0 Å². The molecule has 2 N–H and O–H groups in total. The smallest absolute Gasteiger partial charge is 0.162 e. The molecule has 0 heterocycles. The SMILES string of the molecule is C=C(C)COCCNCc1cccc(OCC)c1O. The fourth-order valence-corrected chi connectivity index (χ4v) is 1.60. The molecule has 0 saturated heterocycles. The first-order valence-corrected chi connectivity index (χ1v) is 6.51. The minimum atomic E-state index is 0.208. The van der Waals surface area contributed by atoms with Crippen LogP contribution >= 0.6 is 0 Å². The lowest BCUT2D eigenvalue weighted by molar-refractivity contribution is 0.157. The molecule has 0 bridgehead atoms. The molecule has 0 aliphatic rings. The van der Waals surface area contributed by atoms with Gasteiger partial charge in [0.15, 0.2) is 11.5 Å². The van der Waals surface area contributed by atoms with E-state index in [4.69, 9.17) is 9.47 Å². The molecule has 0 aliphatic carbocycles. The fourth-order valence-electron chi connectivity index (χ4n) is 1.60. The van der Waals surface area contributed by atoms with Crippen molar-refractivity contribution in [2.45, 2.75) is 20.4 Å². The number of hydrogen-bond donors (Lipinski definition) is 2. The van der Waals surface area contributed by atoms with E-state index in [-0.39, 0.29) is 5.75 Å². The lowest BCUT2D eigenvalue weighted by atomic mass is 10.2. The highest BCUT2D eigenvalue weighted by molar-refractivity contribution is 5.45. The molecule has 106 valence electrons. The molecular formula is C15H23NO3. The zero-order valence-electron chi connectivity index (χ0n) is 11.7. The second kappa shape index (κ2) is 8.56. The van der Waals surface area contributed by atoms with Gasteiger partial charge in [-0.3, -0.25) is 0 Å². The third-order valence-electron chi connectivity index (χ3n) is 2.47. The Morgan fingerprint density at radius 3 is 2.89 bits per heavy atom. The van der Waals surface area contributed by atoms with Crippen LogP contribution in [0.15, 0.2) is 30.4 Å². The van der Waals surface area contributed by atoms with Crippen molar-refractivity contribution in [2.24, 2.45) is 0 Å². The van der Waals surface area contributed by atoms with Gasteiger partial charge in [0.25, 0.3) is 0 Å². The molecule has 4 nitrogen and oxygen atoms in total. The molecule has 4 heteroatoms. The Balaban J connectivity index is 2.33. The maximum atomic E-state index is 9.99. The van der Waals surface area contributed by atoms with Crippen LogP contribution in [0.2, 0.25) is 0 Å². The minimum absolute atomic E-state index is 0.208. The van der Waals surface area contributed by atoms with Crippen LogP contribution in [0.5, 0.6) is 11.5 Å². The number of hydrogen-bond acceptors (Lipinski definition) is 4. The lowest BCUT2D eigenvalue weighted by Gasteiger charge is -2.11. The molecule has 1 rings (SSSR count). The molecule has 0 aliphatic heterocycles. The Labute approximate surface area is 115 Å². The highest BCUT2D eigenvalue weighted by Gasteiger charge is 2.06. The van der Waals surface area contributed by atoms with Gasteiger partial charge in [0.2, 0.25) is 0 Å². The van der Waals surface area contributed by atoms with Gasteiger partial charge in [0.05, 0.1) is 19.8 Å². The first-order chi connectivity index (χ1) is 9.15. The third kappa shape index (κ3) is 5.77. The van der Waals surface area contributed by atoms with Crippen molar-refractivity contribution in [3.63, 3.8) is 0 Å². The summed E-state index contributed by atoms with van der Waals surface area (Å²) in [5.74, 6) is 0.736. The highest BCUT2D eigenvalue weighted by atomic mass is 16.5. The molecule has 19 heavy (non-hydrogen) atoms. The Bertz CT molecular complexity index is 404. The average Bonchev–Trinajstić information content (AvgIpc) is 2.37. The summed E-state index contributed by atoms with van der Waals surface area (Å²) in [6, 6.07) is 5.51. The molecule has 0 aromatic heterocycles. The van der Waals surface area contributed by atoms with E-state index in [9.17, 15) is 5.11 Å². The van der Waals surface area contributed by atoms with Crippen LogP contribution in [0, 0.1) is 0 Å². The summed E-state index contributed by atoms with van der Waals surface area (Å²) < 4.78 is 10.7. The van der Waals surface area contributed by atoms with E-state index in [1.807, 2.05) is 26.0 Å². The summed E-state index contributed by atoms with van der Waals surface area (Å²) in [4.78, 5) is 0. The molecule has 0 spiro atoms. The summed E-state index contributed by atoms with van der Waals surface area (Å²) >= 11 is 0. The molecule has 0 saturated carbocycles. The second-order valence-electron chi connectivity index (χ2n) is 4.38. The lowest BCUT2D eigenvalue weighted by Crippen LogP contribution is -2.19.